The number of nitrogens with two attached hydrogens (primary N) is 1. The summed E-state index contributed by atoms with van der Waals surface area (Å²) in [5, 5.41) is 0. The first-order chi connectivity index (χ1) is 7.90. The first-order valence-corrected chi connectivity index (χ1v) is 6.71. The molecular weight excluding hydrogens is 194 g/mol. The number of aryl methyl sites for hydroxylation is 3. The van der Waals surface area contributed by atoms with Gasteiger partial charge in [0, 0.05) is 0 Å². The van der Waals surface area contributed by atoms with Crippen LogP contribution in [0.5, 0.6) is 0 Å². The Kier molecular flexibility index (Phi) is 4.41. The predicted octanol–water partition coefficient (Wildman–Crippen LogP) is 3.24. The molecular formula is C15H23N. The molecule has 0 atom stereocenters. The van der Waals surface area contributed by atoms with E-state index in [2.05, 4.69) is 18.2 Å². The van der Waals surface area contributed by atoms with E-state index in [0.29, 0.717) is 0 Å². The third-order valence-corrected chi connectivity index (χ3v) is 3.58. The number of hydrogen-bond donors (Lipinski definition) is 1. The van der Waals surface area contributed by atoms with Crippen molar-refractivity contribution >= 4 is 0 Å². The van der Waals surface area contributed by atoms with Gasteiger partial charge in [-0.1, -0.05) is 24.6 Å². The lowest BCUT2D eigenvalue weighted by atomic mass is 9.89. The minimum Gasteiger partial charge on any atom is -0.330 e. The maximum Gasteiger partial charge on any atom is -0.00773 e. The first kappa shape index (κ1) is 11.7. The number of fused-ring (bicyclic) bond motifs is 1. The quantitative estimate of drug-likeness (QED) is 0.753. The van der Waals surface area contributed by atoms with Gasteiger partial charge in [-0.3, -0.25) is 0 Å². The lowest BCUT2D eigenvalue weighted by Gasteiger charge is -2.16. The Hall–Kier alpha value is -0.820. The highest BCUT2D eigenvalue weighted by Gasteiger charge is 2.08. The zero-order valence-electron chi connectivity index (χ0n) is 10.2. The van der Waals surface area contributed by atoms with Gasteiger partial charge in [-0.25, -0.2) is 0 Å². The smallest absolute Gasteiger partial charge is 0.00773 e. The van der Waals surface area contributed by atoms with Crippen molar-refractivity contribution in [3.63, 3.8) is 0 Å². The molecule has 0 unspecified atom stereocenters. The molecule has 0 spiro atoms. The van der Waals surface area contributed by atoms with E-state index in [1.807, 2.05) is 0 Å². The molecule has 0 saturated heterocycles. The highest BCUT2D eigenvalue weighted by molar-refractivity contribution is 5.33. The van der Waals surface area contributed by atoms with Crippen molar-refractivity contribution in [1.82, 2.24) is 0 Å². The lowest BCUT2D eigenvalue weighted by molar-refractivity contribution is 0.673. The highest BCUT2D eigenvalue weighted by atomic mass is 14.5. The fourth-order valence-electron chi connectivity index (χ4n) is 2.59. The maximum absolute atomic E-state index is 5.50. The predicted molar refractivity (Wildman–Crippen MR) is 69.7 cm³/mol. The summed E-state index contributed by atoms with van der Waals surface area (Å²) in [6.45, 7) is 0.837. The fraction of sp³-hybridized carbons (Fsp3) is 0.600. The Morgan fingerprint density at radius 1 is 0.938 bits per heavy atom. The topological polar surface area (TPSA) is 26.0 Å². The van der Waals surface area contributed by atoms with E-state index in [9.17, 15) is 0 Å². The molecule has 0 fully saturated rings. The van der Waals surface area contributed by atoms with Crippen molar-refractivity contribution in [2.45, 2.75) is 51.4 Å². The minimum atomic E-state index is 0.837. The molecule has 2 N–H and O–H groups in total. The molecule has 1 heteroatoms. The van der Waals surface area contributed by atoms with Gasteiger partial charge in [-0.2, -0.15) is 0 Å². The molecule has 0 amide bonds. The van der Waals surface area contributed by atoms with E-state index in [0.717, 1.165) is 6.54 Å². The lowest BCUT2D eigenvalue weighted by Crippen LogP contribution is -2.03. The van der Waals surface area contributed by atoms with Crippen molar-refractivity contribution in [3.8, 4) is 0 Å². The van der Waals surface area contributed by atoms with Gasteiger partial charge in [0.1, 0.15) is 0 Å². The SMILES string of the molecule is NCCCCCc1ccc2c(c1)CCCC2. The Balaban J connectivity index is 1.90. The Bertz CT molecular complexity index is 330. The molecule has 1 aromatic carbocycles. The molecule has 0 radical (unpaired) electrons. The van der Waals surface area contributed by atoms with Gasteiger partial charge < -0.3 is 5.73 Å². The van der Waals surface area contributed by atoms with E-state index >= 15 is 0 Å². The van der Waals surface area contributed by atoms with Crippen LogP contribution in [-0.2, 0) is 19.3 Å². The Morgan fingerprint density at radius 3 is 2.56 bits per heavy atom. The highest BCUT2D eigenvalue weighted by Crippen LogP contribution is 2.22. The fourth-order valence-corrected chi connectivity index (χ4v) is 2.59. The van der Waals surface area contributed by atoms with Crippen LogP contribution in [0, 0.1) is 0 Å². The Labute approximate surface area is 99.0 Å². The molecule has 0 aromatic heterocycles. The molecule has 0 bridgehead atoms. The van der Waals surface area contributed by atoms with Crippen LogP contribution < -0.4 is 5.73 Å². The van der Waals surface area contributed by atoms with Gasteiger partial charge in [0.05, 0.1) is 0 Å². The maximum atomic E-state index is 5.50. The summed E-state index contributed by atoms with van der Waals surface area (Å²) < 4.78 is 0. The van der Waals surface area contributed by atoms with Crippen LogP contribution in [0.3, 0.4) is 0 Å². The monoisotopic (exact) mass is 217 g/mol. The van der Waals surface area contributed by atoms with Gasteiger partial charge in [0.25, 0.3) is 0 Å². The molecule has 2 rings (SSSR count). The van der Waals surface area contributed by atoms with Crippen LogP contribution in [0.1, 0.15) is 48.8 Å². The number of benzene rings is 1. The number of unbranched alkanes of at least 4 members (excludes halogenated alkanes) is 2. The van der Waals surface area contributed by atoms with Gasteiger partial charge in [-0.15, -0.1) is 0 Å². The van der Waals surface area contributed by atoms with Crippen LogP contribution in [-0.4, -0.2) is 6.54 Å². The molecule has 1 aliphatic carbocycles. The number of hydrogen-bond acceptors (Lipinski definition) is 1. The molecule has 16 heavy (non-hydrogen) atoms. The van der Waals surface area contributed by atoms with Crippen LogP contribution in [0.25, 0.3) is 0 Å². The molecule has 1 aromatic rings. The zero-order valence-corrected chi connectivity index (χ0v) is 10.2. The van der Waals surface area contributed by atoms with Crippen molar-refractivity contribution in [3.05, 3.63) is 34.9 Å². The first-order valence-electron chi connectivity index (χ1n) is 6.71. The second-order valence-corrected chi connectivity index (χ2v) is 4.91. The zero-order chi connectivity index (χ0) is 11.2. The largest absolute Gasteiger partial charge is 0.330 e. The van der Waals surface area contributed by atoms with Gasteiger partial charge in [-0.05, 0) is 68.2 Å². The van der Waals surface area contributed by atoms with E-state index < -0.39 is 0 Å². The summed E-state index contributed by atoms with van der Waals surface area (Å²) in [5.41, 5.74) is 10.2. The van der Waals surface area contributed by atoms with Crippen LogP contribution in [0.15, 0.2) is 18.2 Å². The van der Waals surface area contributed by atoms with E-state index in [4.69, 9.17) is 5.73 Å². The summed E-state index contributed by atoms with van der Waals surface area (Å²) in [6, 6.07) is 7.12. The second-order valence-electron chi connectivity index (χ2n) is 4.91. The van der Waals surface area contributed by atoms with Crippen molar-refractivity contribution < 1.29 is 0 Å². The molecule has 0 saturated carbocycles. The third kappa shape index (κ3) is 3.08. The number of rotatable bonds is 5. The van der Waals surface area contributed by atoms with Gasteiger partial charge in [0.15, 0.2) is 0 Å². The van der Waals surface area contributed by atoms with Crippen molar-refractivity contribution in [2.75, 3.05) is 6.54 Å². The average molecular weight is 217 g/mol. The minimum absolute atomic E-state index is 0.837. The molecule has 1 aliphatic rings. The van der Waals surface area contributed by atoms with E-state index in [1.54, 1.807) is 11.1 Å². The molecule has 0 aliphatic heterocycles. The summed E-state index contributed by atoms with van der Waals surface area (Å²) in [7, 11) is 0. The summed E-state index contributed by atoms with van der Waals surface area (Å²) in [5.74, 6) is 0. The van der Waals surface area contributed by atoms with Crippen LogP contribution in [0.4, 0.5) is 0 Å². The molecule has 1 nitrogen and oxygen atoms in total. The van der Waals surface area contributed by atoms with Crippen molar-refractivity contribution in [1.29, 1.82) is 0 Å². The molecule has 0 heterocycles. The van der Waals surface area contributed by atoms with E-state index in [1.165, 1.54) is 56.9 Å². The summed E-state index contributed by atoms with van der Waals surface area (Å²) in [6.07, 6.45) is 10.3. The standard InChI is InChI=1S/C15H23N/c16-11-5-1-2-6-13-9-10-14-7-3-4-8-15(14)12-13/h9-10,12H,1-8,11,16H2. The van der Waals surface area contributed by atoms with Gasteiger partial charge >= 0.3 is 0 Å². The normalized spacial score (nSPS) is 14.8. The summed E-state index contributed by atoms with van der Waals surface area (Å²) >= 11 is 0. The van der Waals surface area contributed by atoms with Gasteiger partial charge in [0.2, 0.25) is 0 Å². The third-order valence-electron chi connectivity index (χ3n) is 3.58. The Morgan fingerprint density at radius 2 is 1.75 bits per heavy atom. The average Bonchev–Trinajstić information content (AvgIpc) is 2.34. The van der Waals surface area contributed by atoms with Crippen molar-refractivity contribution in [2.24, 2.45) is 5.73 Å². The molecule has 88 valence electrons. The summed E-state index contributed by atoms with van der Waals surface area (Å²) in [4.78, 5) is 0. The van der Waals surface area contributed by atoms with E-state index in [-0.39, 0.29) is 0 Å². The van der Waals surface area contributed by atoms with Crippen LogP contribution >= 0.6 is 0 Å². The second kappa shape index (κ2) is 6.05. The van der Waals surface area contributed by atoms with Crippen LogP contribution in [0.2, 0.25) is 0 Å².